The van der Waals surface area contributed by atoms with Crippen molar-refractivity contribution in [3.63, 3.8) is 0 Å². The summed E-state index contributed by atoms with van der Waals surface area (Å²) in [7, 11) is 0. The number of rotatable bonds is 3. The van der Waals surface area contributed by atoms with Crippen LogP contribution in [0.25, 0.3) is 0 Å². The van der Waals surface area contributed by atoms with Gasteiger partial charge in [-0.05, 0) is 43.0 Å². The maximum absolute atomic E-state index is 13.0. The van der Waals surface area contributed by atoms with Crippen LogP contribution in [0.1, 0.15) is 56.1 Å². The number of aromatic amines is 1. The first-order valence-corrected chi connectivity index (χ1v) is 10.2. The van der Waals surface area contributed by atoms with E-state index in [9.17, 15) is 22.8 Å². The summed E-state index contributed by atoms with van der Waals surface area (Å²) in [6.07, 6.45) is -2.20. The highest BCUT2D eigenvalue weighted by molar-refractivity contribution is 6.04. The summed E-state index contributed by atoms with van der Waals surface area (Å²) in [5, 5.41) is 0. The minimum Gasteiger partial charge on any atom is -0.354 e. The van der Waals surface area contributed by atoms with Crippen LogP contribution in [-0.2, 0) is 19.1 Å². The molecule has 0 bridgehead atoms. The summed E-state index contributed by atoms with van der Waals surface area (Å²) < 4.78 is 38.1. The van der Waals surface area contributed by atoms with Crippen molar-refractivity contribution in [3.8, 4) is 0 Å². The number of benzene rings is 1. The van der Waals surface area contributed by atoms with Gasteiger partial charge in [-0.3, -0.25) is 14.5 Å². The Morgan fingerprint density at radius 2 is 1.73 bits per heavy atom. The van der Waals surface area contributed by atoms with Crippen molar-refractivity contribution >= 4 is 11.7 Å². The molecule has 4 rings (SSSR count). The number of hydrogen-bond donors (Lipinski definition) is 1. The predicted molar refractivity (Wildman–Crippen MR) is 105 cm³/mol. The van der Waals surface area contributed by atoms with Gasteiger partial charge in [0.05, 0.1) is 5.56 Å². The van der Waals surface area contributed by atoms with Crippen LogP contribution < -0.4 is 0 Å². The Kier molecular flexibility index (Phi) is 5.44. The number of H-pyrrole nitrogens is 1. The molecule has 5 nitrogen and oxygen atoms in total. The fraction of sp³-hybridized carbons (Fsp3) is 0.455. The van der Waals surface area contributed by atoms with Crippen molar-refractivity contribution < 1.29 is 22.8 Å². The van der Waals surface area contributed by atoms with Crippen LogP contribution in [-0.4, -0.2) is 52.7 Å². The highest BCUT2D eigenvalue weighted by Crippen LogP contribution is 2.30. The van der Waals surface area contributed by atoms with Crippen LogP contribution in [0, 0.1) is 6.92 Å². The number of ketones is 1. The number of halogens is 3. The van der Waals surface area contributed by atoms with E-state index in [1.54, 1.807) is 4.90 Å². The van der Waals surface area contributed by atoms with Gasteiger partial charge in [0, 0.05) is 50.4 Å². The second-order valence-electron chi connectivity index (χ2n) is 8.02. The van der Waals surface area contributed by atoms with Gasteiger partial charge in [-0.2, -0.15) is 13.2 Å². The van der Waals surface area contributed by atoms with Crippen molar-refractivity contribution in [1.29, 1.82) is 0 Å². The van der Waals surface area contributed by atoms with Crippen LogP contribution in [0.15, 0.2) is 24.3 Å². The smallest absolute Gasteiger partial charge is 0.354 e. The quantitative estimate of drug-likeness (QED) is 0.823. The Hall–Kier alpha value is -2.61. The van der Waals surface area contributed by atoms with Gasteiger partial charge in [0.2, 0.25) is 0 Å². The number of Topliss-reactive ketones (excluding diaryl/α,β-unsaturated/α-hetero) is 1. The Labute approximate surface area is 172 Å². The largest absolute Gasteiger partial charge is 0.416 e. The average molecular weight is 419 g/mol. The minimum absolute atomic E-state index is 0.0936. The van der Waals surface area contributed by atoms with Gasteiger partial charge in [-0.1, -0.05) is 12.1 Å². The molecular formula is C22H24F3N3O2. The van der Waals surface area contributed by atoms with Crippen molar-refractivity contribution in [1.82, 2.24) is 14.8 Å². The molecule has 1 aliphatic heterocycles. The first-order valence-electron chi connectivity index (χ1n) is 10.2. The lowest BCUT2D eigenvalue weighted by Crippen LogP contribution is -2.48. The summed E-state index contributed by atoms with van der Waals surface area (Å²) in [5.74, 6) is 0.00860. The van der Waals surface area contributed by atoms with E-state index in [2.05, 4.69) is 9.88 Å². The SMILES string of the molecule is Cc1c(C(=O)N2CCN(Cc3ccc(C(F)(F)F)cc3)CC2)[nH]c2c1C(=O)CCC2. The molecule has 1 aromatic carbocycles. The lowest BCUT2D eigenvalue weighted by atomic mass is 9.93. The Morgan fingerprint density at radius 1 is 1.07 bits per heavy atom. The zero-order valence-electron chi connectivity index (χ0n) is 16.8. The molecular weight excluding hydrogens is 395 g/mol. The van der Waals surface area contributed by atoms with Crippen molar-refractivity contribution in [3.05, 3.63) is 57.9 Å². The normalized spacial score (nSPS) is 17.9. The molecule has 2 aromatic rings. The summed E-state index contributed by atoms with van der Waals surface area (Å²) in [6.45, 7) is 4.74. The fourth-order valence-electron chi connectivity index (χ4n) is 4.31. The highest BCUT2D eigenvalue weighted by atomic mass is 19.4. The third kappa shape index (κ3) is 4.01. The molecule has 30 heavy (non-hydrogen) atoms. The van der Waals surface area contributed by atoms with Gasteiger partial charge < -0.3 is 9.88 Å². The van der Waals surface area contributed by atoms with Crippen LogP contribution in [0.4, 0.5) is 13.2 Å². The average Bonchev–Trinajstić information content (AvgIpc) is 3.05. The lowest BCUT2D eigenvalue weighted by molar-refractivity contribution is -0.137. The van der Waals surface area contributed by atoms with Crippen LogP contribution in [0.2, 0.25) is 0 Å². The summed E-state index contributed by atoms with van der Waals surface area (Å²) in [5.41, 5.74) is 2.97. The van der Waals surface area contributed by atoms with E-state index in [1.807, 2.05) is 6.92 Å². The zero-order chi connectivity index (χ0) is 21.5. The van der Waals surface area contributed by atoms with Crippen molar-refractivity contribution in [2.24, 2.45) is 0 Å². The number of nitrogens with zero attached hydrogens (tertiary/aromatic N) is 2. The number of carbonyl (C=O) groups excluding carboxylic acids is 2. The van der Waals surface area contributed by atoms with Crippen LogP contribution in [0.3, 0.4) is 0 Å². The van der Waals surface area contributed by atoms with Crippen LogP contribution >= 0.6 is 0 Å². The Balaban J connectivity index is 1.37. The number of aryl methyl sites for hydroxylation is 1. The monoisotopic (exact) mass is 419 g/mol. The number of alkyl halides is 3. The maximum Gasteiger partial charge on any atom is 0.416 e. The molecule has 2 heterocycles. The van der Waals surface area contributed by atoms with E-state index in [-0.39, 0.29) is 11.7 Å². The van der Waals surface area contributed by atoms with E-state index < -0.39 is 11.7 Å². The number of amides is 1. The summed E-state index contributed by atoms with van der Waals surface area (Å²) >= 11 is 0. The van der Waals surface area contributed by atoms with E-state index in [1.165, 1.54) is 12.1 Å². The maximum atomic E-state index is 13.0. The highest BCUT2D eigenvalue weighted by Gasteiger charge is 2.31. The molecule has 2 aliphatic rings. The molecule has 160 valence electrons. The Morgan fingerprint density at radius 3 is 2.33 bits per heavy atom. The predicted octanol–water partition coefficient (Wildman–Crippen LogP) is 3.82. The first kappa shape index (κ1) is 20.7. The number of piperazine rings is 1. The molecule has 0 unspecified atom stereocenters. The fourth-order valence-corrected chi connectivity index (χ4v) is 4.31. The van der Waals surface area contributed by atoms with Gasteiger partial charge in [0.1, 0.15) is 5.69 Å². The molecule has 1 aromatic heterocycles. The van der Waals surface area contributed by atoms with E-state index in [4.69, 9.17) is 0 Å². The van der Waals surface area contributed by atoms with Gasteiger partial charge in [0.25, 0.3) is 5.91 Å². The minimum atomic E-state index is -4.33. The first-order chi connectivity index (χ1) is 14.2. The van der Waals surface area contributed by atoms with Crippen molar-refractivity contribution in [2.45, 2.75) is 38.9 Å². The van der Waals surface area contributed by atoms with Gasteiger partial charge in [-0.25, -0.2) is 0 Å². The summed E-state index contributed by atoms with van der Waals surface area (Å²) in [6, 6.07) is 5.21. The third-order valence-corrected chi connectivity index (χ3v) is 6.00. The molecule has 1 amide bonds. The topological polar surface area (TPSA) is 56.4 Å². The third-order valence-electron chi connectivity index (χ3n) is 6.00. The molecule has 1 aliphatic carbocycles. The second kappa shape index (κ2) is 7.91. The number of nitrogens with one attached hydrogen (secondary N) is 1. The molecule has 0 atom stereocenters. The molecule has 0 spiro atoms. The van der Waals surface area contributed by atoms with E-state index in [0.29, 0.717) is 50.4 Å². The van der Waals surface area contributed by atoms with Gasteiger partial charge in [-0.15, -0.1) is 0 Å². The molecule has 1 N–H and O–H groups in total. The molecule has 1 saturated heterocycles. The molecule has 8 heteroatoms. The molecule has 0 radical (unpaired) electrons. The molecule has 0 saturated carbocycles. The summed E-state index contributed by atoms with van der Waals surface area (Å²) in [4.78, 5) is 32.3. The van der Waals surface area contributed by atoms with E-state index in [0.717, 1.165) is 41.8 Å². The van der Waals surface area contributed by atoms with Crippen LogP contribution in [0.5, 0.6) is 0 Å². The second-order valence-corrected chi connectivity index (χ2v) is 8.02. The van der Waals surface area contributed by atoms with Gasteiger partial charge >= 0.3 is 6.18 Å². The zero-order valence-corrected chi connectivity index (χ0v) is 16.8. The van der Waals surface area contributed by atoms with E-state index >= 15 is 0 Å². The number of fused-ring (bicyclic) bond motifs is 1. The Bertz CT molecular complexity index is 955. The van der Waals surface area contributed by atoms with Gasteiger partial charge in [0.15, 0.2) is 5.78 Å². The van der Waals surface area contributed by atoms with Crippen molar-refractivity contribution in [2.75, 3.05) is 26.2 Å². The number of carbonyl (C=O) groups is 2. The molecule has 1 fully saturated rings. The standard InChI is InChI=1S/C22H24F3N3O2/c1-14-19-17(3-2-4-18(19)29)26-20(14)21(30)28-11-9-27(10-12-28)13-15-5-7-16(8-6-15)22(23,24)25/h5-8,26H,2-4,9-13H2,1H3. The number of hydrogen-bond acceptors (Lipinski definition) is 3. The lowest BCUT2D eigenvalue weighted by Gasteiger charge is -2.34. The number of aromatic nitrogens is 1.